The van der Waals surface area contributed by atoms with Gasteiger partial charge in [-0.15, -0.1) is 0 Å². The molecule has 1 aliphatic rings. The molecule has 1 saturated heterocycles. The third kappa shape index (κ3) is 3.64. The molecule has 0 bridgehead atoms. The Kier molecular flexibility index (Phi) is 5.01. The zero-order chi connectivity index (χ0) is 15.4. The van der Waals surface area contributed by atoms with E-state index in [4.69, 9.17) is 4.74 Å². The van der Waals surface area contributed by atoms with Gasteiger partial charge in [0.15, 0.2) is 0 Å². The van der Waals surface area contributed by atoms with Gasteiger partial charge < -0.3 is 15.0 Å². The third-order valence-electron chi connectivity index (χ3n) is 3.38. The van der Waals surface area contributed by atoms with Crippen LogP contribution in [-0.4, -0.2) is 43.0 Å². The smallest absolute Gasteiger partial charge is 0.247 e. The number of ether oxygens (including phenoxy) is 1. The van der Waals surface area contributed by atoms with Crippen molar-refractivity contribution in [1.29, 1.82) is 0 Å². The van der Waals surface area contributed by atoms with Crippen LogP contribution in [0.4, 0.5) is 0 Å². The van der Waals surface area contributed by atoms with Gasteiger partial charge >= 0.3 is 0 Å². The number of hydrogen-bond acceptors (Lipinski definition) is 3. The molecular weight excluding hydrogens is 336 g/mol. The molecule has 112 valence electrons. The van der Waals surface area contributed by atoms with E-state index in [2.05, 4.69) is 21.2 Å². The Balaban J connectivity index is 2.15. The normalized spacial score (nSPS) is 18.7. The van der Waals surface area contributed by atoms with E-state index in [0.29, 0.717) is 18.8 Å². The van der Waals surface area contributed by atoms with Gasteiger partial charge in [0.05, 0.1) is 7.11 Å². The maximum absolute atomic E-state index is 12.2. The number of benzene rings is 1. The van der Waals surface area contributed by atoms with E-state index in [1.807, 2.05) is 18.2 Å². The fourth-order valence-corrected chi connectivity index (χ4v) is 2.55. The molecule has 21 heavy (non-hydrogen) atoms. The Morgan fingerprint density at radius 1 is 1.52 bits per heavy atom. The first-order valence-electron chi connectivity index (χ1n) is 6.63. The summed E-state index contributed by atoms with van der Waals surface area (Å²) in [5.41, 5.74) is 0.800. The van der Waals surface area contributed by atoms with Crippen molar-refractivity contribution in [3.05, 3.63) is 34.3 Å². The van der Waals surface area contributed by atoms with Gasteiger partial charge in [0.2, 0.25) is 11.8 Å². The van der Waals surface area contributed by atoms with Gasteiger partial charge in [0, 0.05) is 29.2 Å². The zero-order valence-electron chi connectivity index (χ0n) is 11.9. The molecule has 0 radical (unpaired) electrons. The number of hydrogen-bond donors (Lipinski definition) is 1. The van der Waals surface area contributed by atoms with Gasteiger partial charge in [-0.3, -0.25) is 9.59 Å². The lowest BCUT2D eigenvalue weighted by Gasteiger charge is -2.31. The van der Waals surface area contributed by atoms with Crippen LogP contribution in [-0.2, 0) is 9.59 Å². The maximum Gasteiger partial charge on any atom is 0.247 e. The second-order valence-corrected chi connectivity index (χ2v) is 5.63. The van der Waals surface area contributed by atoms with Crippen LogP contribution < -0.4 is 10.1 Å². The minimum absolute atomic E-state index is 0.122. The molecule has 0 aromatic heterocycles. The molecule has 1 aliphatic heterocycles. The van der Waals surface area contributed by atoms with Crippen molar-refractivity contribution in [2.75, 3.05) is 20.2 Å². The van der Waals surface area contributed by atoms with Crippen LogP contribution in [0.5, 0.6) is 5.75 Å². The topological polar surface area (TPSA) is 58.6 Å². The highest BCUT2D eigenvalue weighted by Crippen LogP contribution is 2.24. The summed E-state index contributed by atoms with van der Waals surface area (Å²) < 4.78 is 6.16. The average Bonchev–Trinajstić information content (AvgIpc) is 2.47. The number of nitrogens with one attached hydrogen (secondary N) is 1. The average molecular weight is 353 g/mol. The molecule has 1 fully saturated rings. The predicted molar refractivity (Wildman–Crippen MR) is 83.9 cm³/mol. The lowest BCUT2D eigenvalue weighted by molar-refractivity contribution is -0.139. The molecule has 1 N–H and O–H groups in total. The molecule has 1 aromatic carbocycles. The van der Waals surface area contributed by atoms with Gasteiger partial charge in [-0.1, -0.05) is 15.9 Å². The van der Waals surface area contributed by atoms with Crippen LogP contribution >= 0.6 is 15.9 Å². The summed E-state index contributed by atoms with van der Waals surface area (Å²) in [6, 6.07) is 5.12. The summed E-state index contributed by atoms with van der Waals surface area (Å²) >= 11 is 3.39. The van der Waals surface area contributed by atoms with Crippen LogP contribution in [0.1, 0.15) is 12.5 Å². The van der Waals surface area contributed by atoms with Crippen LogP contribution in [0.15, 0.2) is 28.7 Å². The second-order valence-electron chi connectivity index (χ2n) is 4.72. The summed E-state index contributed by atoms with van der Waals surface area (Å²) in [6.45, 7) is 2.73. The Bertz CT molecular complexity index is 586. The highest BCUT2D eigenvalue weighted by atomic mass is 79.9. The van der Waals surface area contributed by atoms with Crippen molar-refractivity contribution >= 4 is 33.8 Å². The molecule has 6 heteroatoms. The van der Waals surface area contributed by atoms with Crippen molar-refractivity contribution in [2.24, 2.45) is 0 Å². The molecule has 0 aliphatic carbocycles. The zero-order valence-corrected chi connectivity index (χ0v) is 13.5. The quantitative estimate of drug-likeness (QED) is 0.844. The van der Waals surface area contributed by atoms with E-state index in [1.54, 1.807) is 25.0 Å². The van der Waals surface area contributed by atoms with Crippen molar-refractivity contribution in [3.63, 3.8) is 0 Å². The maximum atomic E-state index is 12.2. The first-order chi connectivity index (χ1) is 10.0. The number of carbonyl (C=O) groups is 2. The van der Waals surface area contributed by atoms with E-state index in [0.717, 1.165) is 10.0 Å². The summed E-state index contributed by atoms with van der Waals surface area (Å²) in [5.74, 6) is 0.383. The molecule has 0 spiro atoms. The Morgan fingerprint density at radius 2 is 2.29 bits per heavy atom. The van der Waals surface area contributed by atoms with Crippen molar-refractivity contribution in [2.45, 2.75) is 13.0 Å². The van der Waals surface area contributed by atoms with E-state index in [9.17, 15) is 9.59 Å². The first kappa shape index (κ1) is 15.6. The first-order valence-corrected chi connectivity index (χ1v) is 7.42. The predicted octanol–water partition coefficient (Wildman–Crippen LogP) is 1.82. The molecule has 5 nitrogen and oxygen atoms in total. The molecule has 1 atom stereocenters. The number of carbonyl (C=O) groups excluding carboxylic acids is 2. The number of piperazine rings is 1. The third-order valence-corrected chi connectivity index (χ3v) is 3.87. The lowest BCUT2D eigenvalue weighted by atomic mass is 10.1. The highest BCUT2D eigenvalue weighted by Gasteiger charge is 2.27. The number of methoxy groups -OCH3 is 1. The lowest BCUT2D eigenvalue weighted by Crippen LogP contribution is -2.55. The van der Waals surface area contributed by atoms with Gasteiger partial charge in [-0.25, -0.2) is 0 Å². The fraction of sp³-hybridized carbons (Fsp3) is 0.333. The standard InChI is InChI=1S/C15H17BrN2O3/c1-10-15(20)17-7-8-18(10)14(19)6-3-11-9-12(16)4-5-13(11)21-2/h3-6,9-10H,7-8H2,1-2H3,(H,17,20). The second kappa shape index (κ2) is 6.76. The summed E-state index contributed by atoms with van der Waals surface area (Å²) in [6.07, 6.45) is 3.17. The van der Waals surface area contributed by atoms with Gasteiger partial charge in [0.25, 0.3) is 0 Å². The van der Waals surface area contributed by atoms with E-state index in [1.165, 1.54) is 6.08 Å². The molecule has 2 amide bonds. The number of halogens is 1. The summed E-state index contributed by atoms with van der Waals surface area (Å²) in [4.78, 5) is 25.3. The van der Waals surface area contributed by atoms with Gasteiger partial charge in [0.1, 0.15) is 11.8 Å². The minimum atomic E-state index is -0.444. The SMILES string of the molecule is COc1ccc(Br)cc1C=CC(=O)N1CCNC(=O)C1C. The van der Waals surface area contributed by atoms with Crippen molar-refractivity contribution in [1.82, 2.24) is 10.2 Å². The molecule has 1 unspecified atom stereocenters. The van der Waals surface area contributed by atoms with Gasteiger partial charge in [-0.2, -0.15) is 0 Å². The van der Waals surface area contributed by atoms with Crippen LogP contribution in [0.3, 0.4) is 0 Å². The summed E-state index contributed by atoms with van der Waals surface area (Å²) in [7, 11) is 1.58. The molecular formula is C15H17BrN2O3. The molecule has 1 heterocycles. The Hall–Kier alpha value is -1.82. The Morgan fingerprint density at radius 3 is 3.00 bits per heavy atom. The largest absolute Gasteiger partial charge is 0.496 e. The number of amides is 2. The van der Waals surface area contributed by atoms with Crippen LogP contribution in [0.25, 0.3) is 6.08 Å². The number of rotatable bonds is 3. The summed E-state index contributed by atoms with van der Waals surface area (Å²) in [5, 5.41) is 2.73. The van der Waals surface area contributed by atoms with Crippen LogP contribution in [0.2, 0.25) is 0 Å². The highest BCUT2D eigenvalue weighted by molar-refractivity contribution is 9.10. The number of nitrogens with zero attached hydrogens (tertiary/aromatic N) is 1. The fourth-order valence-electron chi connectivity index (χ4n) is 2.18. The molecule has 2 rings (SSSR count). The minimum Gasteiger partial charge on any atom is -0.496 e. The van der Waals surface area contributed by atoms with E-state index < -0.39 is 6.04 Å². The van der Waals surface area contributed by atoms with Crippen molar-refractivity contribution < 1.29 is 14.3 Å². The van der Waals surface area contributed by atoms with Crippen LogP contribution in [0, 0.1) is 0 Å². The van der Waals surface area contributed by atoms with E-state index in [-0.39, 0.29) is 11.8 Å². The monoisotopic (exact) mass is 352 g/mol. The van der Waals surface area contributed by atoms with E-state index >= 15 is 0 Å². The van der Waals surface area contributed by atoms with Crippen molar-refractivity contribution in [3.8, 4) is 5.75 Å². The molecule has 0 saturated carbocycles. The Labute approximate surface area is 132 Å². The van der Waals surface area contributed by atoms with Gasteiger partial charge in [-0.05, 0) is 31.2 Å². The molecule has 1 aromatic rings.